The van der Waals surface area contributed by atoms with Crippen molar-refractivity contribution in [1.29, 1.82) is 5.26 Å². The van der Waals surface area contributed by atoms with Crippen molar-refractivity contribution in [2.24, 2.45) is 5.16 Å². The van der Waals surface area contributed by atoms with Crippen molar-refractivity contribution in [3.05, 3.63) is 88.5 Å². The lowest BCUT2D eigenvalue weighted by Gasteiger charge is -2.21. The summed E-state index contributed by atoms with van der Waals surface area (Å²) in [6.07, 6.45) is 6.64. The number of benzene rings is 2. The molecule has 0 unspecified atom stereocenters. The van der Waals surface area contributed by atoms with Crippen LogP contribution in [0.15, 0.2) is 76.3 Å². The van der Waals surface area contributed by atoms with Gasteiger partial charge in [0.1, 0.15) is 22.4 Å². The first-order chi connectivity index (χ1) is 17.5. The molecule has 3 rings (SSSR count). The maximum atomic E-state index is 13.4. The predicted molar refractivity (Wildman–Crippen MR) is 148 cm³/mol. The van der Waals surface area contributed by atoms with Gasteiger partial charge in [-0.05, 0) is 64.3 Å². The fourth-order valence-corrected chi connectivity index (χ4v) is 5.55. The summed E-state index contributed by atoms with van der Waals surface area (Å²) in [5, 5.41) is 13.7. The summed E-state index contributed by atoms with van der Waals surface area (Å²) in [6, 6.07) is 13.4. The zero-order chi connectivity index (χ0) is 27.3. The molecule has 0 aromatic heterocycles. The first kappa shape index (κ1) is 27.9. The molecule has 2 aromatic rings. The fourth-order valence-electron chi connectivity index (χ4n) is 4.13. The number of hydrogen-bond donors (Lipinski definition) is 0. The molecule has 0 radical (unpaired) electrons. The molecule has 6 nitrogen and oxygen atoms in total. The van der Waals surface area contributed by atoms with E-state index in [-0.39, 0.29) is 22.6 Å². The van der Waals surface area contributed by atoms with Gasteiger partial charge in [-0.1, -0.05) is 83.1 Å². The molecule has 0 saturated heterocycles. The van der Waals surface area contributed by atoms with Crippen molar-refractivity contribution in [3.8, 4) is 11.8 Å². The Hall–Kier alpha value is -3.63. The standard InChI is InChI=1S/C30H34N2O4S/c1-19(2)23-16-26(20(3)4)30(27(17-23)21(5)6)37(33,34)36-32-24-14-12-22(13-15-24)28(18-31)25-10-8-9-11-29(25)35-7/h8-17,19-21H,1-7H3. The first-order valence-electron chi connectivity index (χ1n) is 12.3. The average molecular weight is 519 g/mol. The molecule has 1 aliphatic rings. The second-order valence-electron chi connectivity index (χ2n) is 9.85. The maximum Gasteiger partial charge on any atom is 0.359 e. The zero-order valence-corrected chi connectivity index (χ0v) is 23.3. The maximum absolute atomic E-state index is 13.4. The van der Waals surface area contributed by atoms with Gasteiger partial charge in [-0.25, -0.2) is 0 Å². The third-order valence-corrected chi connectivity index (χ3v) is 7.46. The highest BCUT2D eigenvalue weighted by Gasteiger charge is 2.28. The minimum atomic E-state index is -4.18. The number of nitriles is 1. The molecule has 0 heterocycles. The lowest BCUT2D eigenvalue weighted by Crippen LogP contribution is -2.14. The van der Waals surface area contributed by atoms with Crippen LogP contribution in [0.25, 0.3) is 5.57 Å². The average Bonchev–Trinajstić information content (AvgIpc) is 2.88. The second-order valence-corrected chi connectivity index (χ2v) is 11.3. The van der Waals surface area contributed by atoms with Crippen molar-refractivity contribution >= 4 is 21.4 Å². The van der Waals surface area contributed by atoms with Crippen LogP contribution < -0.4 is 4.74 Å². The van der Waals surface area contributed by atoms with Crippen LogP contribution in [-0.4, -0.2) is 21.2 Å². The summed E-state index contributed by atoms with van der Waals surface area (Å²) in [6.45, 7) is 12.1. The molecule has 7 heteroatoms. The highest BCUT2D eigenvalue weighted by Crippen LogP contribution is 2.36. The molecule has 0 N–H and O–H groups in total. The Morgan fingerprint density at radius 1 is 0.892 bits per heavy atom. The number of oxime groups is 1. The van der Waals surface area contributed by atoms with Gasteiger partial charge in [-0.15, -0.1) is 0 Å². The number of rotatable bonds is 8. The molecular weight excluding hydrogens is 484 g/mol. The smallest absolute Gasteiger partial charge is 0.359 e. The minimum Gasteiger partial charge on any atom is -0.496 e. The van der Waals surface area contributed by atoms with Crippen LogP contribution >= 0.6 is 0 Å². The van der Waals surface area contributed by atoms with Crippen molar-refractivity contribution in [1.82, 2.24) is 0 Å². The summed E-state index contributed by atoms with van der Waals surface area (Å²) in [5.41, 5.74) is 4.63. The lowest BCUT2D eigenvalue weighted by molar-refractivity contribution is 0.338. The van der Waals surface area contributed by atoms with Gasteiger partial charge in [0.2, 0.25) is 0 Å². The van der Waals surface area contributed by atoms with E-state index in [0.717, 1.165) is 16.7 Å². The molecule has 2 aromatic carbocycles. The van der Waals surface area contributed by atoms with Crippen molar-refractivity contribution in [3.63, 3.8) is 0 Å². The molecule has 1 aliphatic carbocycles. The van der Waals surface area contributed by atoms with E-state index >= 15 is 0 Å². The van der Waals surface area contributed by atoms with Crippen LogP contribution in [0, 0.1) is 11.3 Å². The fraction of sp³-hybridized carbons (Fsp3) is 0.333. The highest BCUT2D eigenvalue weighted by molar-refractivity contribution is 7.86. The van der Waals surface area contributed by atoms with Gasteiger partial charge in [-0.2, -0.15) is 13.7 Å². The monoisotopic (exact) mass is 518 g/mol. The van der Waals surface area contributed by atoms with E-state index in [2.05, 4.69) is 25.1 Å². The molecule has 194 valence electrons. The summed E-state index contributed by atoms with van der Waals surface area (Å²) < 4.78 is 37.5. The van der Waals surface area contributed by atoms with Gasteiger partial charge in [0.05, 0.1) is 12.7 Å². The number of nitrogens with zero attached hydrogens (tertiary/aromatic N) is 2. The minimum absolute atomic E-state index is 0.0150. The quantitative estimate of drug-likeness (QED) is 0.272. The molecule has 0 saturated carbocycles. The van der Waals surface area contributed by atoms with Gasteiger partial charge in [0.25, 0.3) is 0 Å². The van der Waals surface area contributed by atoms with Crippen LogP contribution in [0.2, 0.25) is 0 Å². The first-order valence-corrected chi connectivity index (χ1v) is 13.7. The van der Waals surface area contributed by atoms with Crippen LogP contribution in [0.5, 0.6) is 5.75 Å². The Morgan fingerprint density at radius 2 is 1.46 bits per heavy atom. The third kappa shape index (κ3) is 6.20. The van der Waals surface area contributed by atoms with Gasteiger partial charge >= 0.3 is 10.1 Å². The summed E-state index contributed by atoms with van der Waals surface area (Å²) in [4.78, 5) is 0.193. The van der Waals surface area contributed by atoms with E-state index in [1.165, 1.54) is 0 Å². The lowest BCUT2D eigenvalue weighted by atomic mass is 9.89. The third-order valence-electron chi connectivity index (χ3n) is 6.21. The van der Waals surface area contributed by atoms with Gasteiger partial charge in [0, 0.05) is 5.56 Å². The topological polar surface area (TPSA) is 88.8 Å². The molecule has 0 bridgehead atoms. The molecular formula is C30H34N2O4S. The van der Waals surface area contributed by atoms with Crippen molar-refractivity contribution in [2.45, 2.75) is 64.2 Å². The number of para-hydroxylation sites is 1. The van der Waals surface area contributed by atoms with Crippen LogP contribution in [0.3, 0.4) is 0 Å². The SMILES string of the molecule is COc1ccccc1C(C#N)=C1C=CC(=NOS(=O)(=O)c2c(C(C)C)cc(C(C)C)cc2C(C)C)C=C1. The molecule has 0 amide bonds. The number of allylic oxidation sites excluding steroid dienone is 6. The zero-order valence-electron chi connectivity index (χ0n) is 22.4. The van der Waals surface area contributed by atoms with Crippen molar-refractivity contribution < 1.29 is 17.4 Å². The Bertz CT molecular complexity index is 1390. The van der Waals surface area contributed by atoms with Gasteiger partial charge in [-0.3, -0.25) is 4.28 Å². The molecule has 0 fully saturated rings. The largest absolute Gasteiger partial charge is 0.496 e. The summed E-state index contributed by atoms with van der Waals surface area (Å²) in [7, 11) is -2.62. The van der Waals surface area contributed by atoms with E-state index in [0.29, 0.717) is 28.2 Å². The van der Waals surface area contributed by atoms with E-state index in [1.807, 2.05) is 58.0 Å². The van der Waals surface area contributed by atoms with E-state index in [9.17, 15) is 13.7 Å². The van der Waals surface area contributed by atoms with Gasteiger partial charge < -0.3 is 4.74 Å². The summed E-state index contributed by atoms with van der Waals surface area (Å²) >= 11 is 0. The summed E-state index contributed by atoms with van der Waals surface area (Å²) in [5.74, 6) is 0.826. The highest BCUT2D eigenvalue weighted by atomic mass is 32.2. The van der Waals surface area contributed by atoms with E-state index < -0.39 is 10.1 Å². The van der Waals surface area contributed by atoms with E-state index in [1.54, 1.807) is 37.5 Å². The predicted octanol–water partition coefficient (Wildman–Crippen LogP) is 7.23. The normalized spacial score (nSPS) is 13.3. The Kier molecular flexibility index (Phi) is 8.77. The van der Waals surface area contributed by atoms with E-state index in [4.69, 9.17) is 9.02 Å². The number of methoxy groups -OCH3 is 1. The molecule has 0 atom stereocenters. The molecule has 37 heavy (non-hydrogen) atoms. The Morgan fingerprint density at radius 3 is 1.95 bits per heavy atom. The Balaban J connectivity index is 1.97. The van der Waals surface area contributed by atoms with Crippen LogP contribution in [0.1, 0.15) is 81.5 Å². The second kappa shape index (κ2) is 11.6. The van der Waals surface area contributed by atoms with Crippen LogP contribution in [-0.2, 0) is 14.4 Å². The molecule has 0 spiro atoms. The Labute approximate surface area is 220 Å². The number of ether oxygens (including phenoxy) is 1. The van der Waals surface area contributed by atoms with Crippen molar-refractivity contribution in [2.75, 3.05) is 7.11 Å². The van der Waals surface area contributed by atoms with Gasteiger partial charge in [0.15, 0.2) is 0 Å². The van der Waals surface area contributed by atoms with Crippen LogP contribution in [0.4, 0.5) is 0 Å². The molecule has 0 aliphatic heterocycles. The number of hydrogen-bond acceptors (Lipinski definition) is 6.